The Bertz CT molecular complexity index is 756. The smallest absolute Gasteiger partial charge is 0.284 e. The Labute approximate surface area is 140 Å². The van der Waals surface area contributed by atoms with Gasteiger partial charge >= 0.3 is 0 Å². The Morgan fingerprint density at radius 1 is 1.17 bits per heavy atom. The fourth-order valence-electron chi connectivity index (χ4n) is 2.26. The molecular formula is C18H18N2O4. The number of nitrogens with zero attached hydrogens (tertiary/aromatic N) is 1. The Hall–Kier alpha value is -3.02. The summed E-state index contributed by atoms with van der Waals surface area (Å²) in [7, 11) is 1.61. The first kappa shape index (κ1) is 15.9. The van der Waals surface area contributed by atoms with E-state index >= 15 is 0 Å². The van der Waals surface area contributed by atoms with E-state index in [9.17, 15) is 4.79 Å². The lowest BCUT2D eigenvalue weighted by Crippen LogP contribution is -2.42. The monoisotopic (exact) mass is 326 g/mol. The number of hydrazone groups is 1. The maximum Gasteiger partial charge on any atom is 0.284 e. The Morgan fingerprint density at radius 2 is 1.88 bits per heavy atom. The molecule has 0 saturated heterocycles. The van der Waals surface area contributed by atoms with Crippen molar-refractivity contribution >= 4 is 11.6 Å². The van der Waals surface area contributed by atoms with E-state index in [-0.39, 0.29) is 12.5 Å². The van der Waals surface area contributed by atoms with Crippen LogP contribution in [0.2, 0.25) is 0 Å². The summed E-state index contributed by atoms with van der Waals surface area (Å²) in [6.07, 6.45) is -0.729. The van der Waals surface area contributed by atoms with E-state index in [1.54, 1.807) is 19.2 Å². The zero-order chi connectivity index (χ0) is 16.9. The summed E-state index contributed by atoms with van der Waals surface area (Å²) in [6.45, 7) is 1.97. The lowest BCUT2D eigenvalue weighted by molar-refractivity contribution is -0.130. The first-order valence-corrected chi connectivity index (χ1v) is 7.54. The highest BCUT2D eigenvalue weighted by Crippen LogP contribution is 2.30. The van der Waals surface area contributed by atoms with Crippen LogP contribution in [0.1, 0.15) is 12.5 Å². The lowest BCUT2D eigenvalue weighted by atomic mass is 10.1. The van der Waals surface area contributed by atoms with Gasteiger partial charge in [0.1, 0.15) is 12.4 Å². The minimum atomic E-state index is -0.729. The third kappa shape index (κ3) is 3.48. The van der Waals surface area contributed by atoms with Gasteiger partial charge in [-0.15, -0.1) is 0 Å². The summed E-state index contributed by atoms with van der Waals surface area (Å²) in [5, 5.41) is 4.12. The molecule has 0 fully saturated rings. The number of ether oxygens (including phenoxy) is 3. The number of hydrogen-bond donors (Lipinski definition) is 1. The quantitative estimate of drug-likeness (QED) is 0.692. The lowest BCUT2D eigenvalue weighted by Gasteiger charge is -2.24. The summed E-state index contributed by atoms with van der Waals surface area (Å²) in [5.41, 5.74) is 4.10. The number of nitrogens with one attached hydrogen (secondary N) is 1. The van der Waals surface area contributed by atoms with Crippen molar-refractivity contribution in [2.45, 2.75) is 13.0 Å². The van der Waals surface area contributed by atoms with Gasteiger partial charge in [-0.05, 0) is 48.9 Å². The molecule has 2 aromatic carbocycles. The van der Waals surface area contributed by atoms with E-state index in [1.807, 2.05) is 43.3 Å². The molecular weight excluding hydrogens is 308 g/mol. The van der Waals surface area contributed by atoms with Gasteiger partial charge in [-0.1, -0.05) is 12.1 Å². The van der Waals surface area contributed by atoms with Gasteiger partial charge in [0.05, 0.1) is 12.8 Å². The highest BCUT2D eigenvalue weighted by atomic mass is 16.6. The molecule has 3 rings (SSSR count). The number of carbonyl (C=O) groups excluding carboxylic acids is 1. The first-order valence-electron chi connectivity index (χ1n) is 7.54. The molecule has 0 bridgehead atoms. The van der Waals surface area contributed by atoms with Crippen molar-refractivity contribution in [1.29, 1.82) is 0 Å². The predicted octanol–water partition coefficient (Wildman–Crippen LogP) is 2.38. The molecule has 2 aromatic rings. The molecule has 0 radical (unpaired) electrons. The zero-order valence-corrected chi connectivity index (χ0v) is 13.5. The van der Waals surface area contributed by atoms with Crippen LogP contribution < -0.4 is 19.6 Å². The second-order valence-corrected chi connectivity index (χ2v) is 5.27. The average Bonchev–Trinajstić information content (AvgIpc) is 2.65. The van der Waals surface area contributed by atoms with E-state index in [0.717, 1.165) is 11.3 Å². The summed E-state index contributed by atoms with van der Waals surface area (Å²) in [5.74, 6) is 1.61. The van der Waals surface area contributed by atoms with Crippen molar-refractivity contribution in [2.75, 3.05) is 13.7 Å². The third-order valence-electron chi connectivity index (χ3n) is 3.64. The highest BCUT2D eigenvalue weighted by Gasteiger charge is 2.27. The van der Waals surface area contributed by atoms with Crippen LogP contribution in [0.5, 0.6) is 17.2 Å². The molecule has 1 atom stereocenters. The van der Waals surface area contributed by atoms with E-state index in [1.165, 1.54) is 0 Å². The second kappa shape index (κ2) is 7.04. The molecule has 6 heteroatoms. The van der Waals surface area contributed by atoms with Crippen LogP contribution in [-0.4, -0.2) is 31.4 Å². The minimum Gasteiger partial charge on any atom is -0.497 e. The second-order valence-electron chi connectivity index (χ2n) is 5.27. The van der Waals surface area contributed by atoms with Crippen molar-refractivity contribution in [2.24, 2.45) is 5.10 Å². The van der Waals surface area contributed by atoms with Crippen LogP contribution in [0, 0.1) is 0 Å². The topological polar surface area (TPSA) is 69.2 Å². The van der Waals surface area contributed by atoms with Crippen LogP contribution in [0.25, 0.3) is 0 Å². The van der Waals surface area contributed by atoms with Gasteiger partial charge in [-0.2, -0.15) is 5.10 Å². The standard InChI is InChI=1S/C18H18N2O4/c1-12(13-7-9-14(22-2)10-8-13)19-20-18(21)17-11-23-15-5-3-4-6-16(15)24-17/h3-10,17H,11H2,1-2H3,(H,20,21). The molecule has 1 amide bonds. The summed E-state index contributed by atoms with van der Waals surface area (Å²) < 4.78 is 16.3. The SMILES string of the molecule is COc1ccc(C(C)=NNC(=O)C2COc3ccccc3O2)cc1. The van der Waals surface area contributed by atoms with Crippen LogP contribution in [0.3, 0.4) is 0 Å². The van der Waals surface area contributed by atoms with Gasteiger partial charge < -0.3 is 14.2 Å². The fourth-order valence-corrected chi connectivity index (χ4v) is 2.26. The van der Waals surface area contributed by atoms with Crippen molar-refractivity contribution < 1.29 is 19.0 Å². The summed E-state index contributed by atoms with van der Waals surface area (Å²) in [4.78, 5) is 12.2. The Morgan fingerprint density at radius 3 is 2.58 bits per heavy atom. The Balaban J connectivity index is 1.62. The summed E-state index contributed by atoms with van der Waals surface area (Å²) in [6, 6.07) is 14.7. The van der Waals surface area contributed by atoms with Crippen molar-refractivity contribution in [3.63, 3.8) is 0 Å². The average molecular weight is 326 g/mol. The molecule has 0 spiro atoms. The van der Waals surface area contributed by atoms with E-state index in [4.69, 9.17) is 14.2 Å². The molecule has 1 aliphatic heterocycles. The Kier molecular flexibility index (Phi) is 4.65. The minimum absolute atomic E-state index is 0.153. The van der Waals surface area contributed by atoms with Crippen LogP contribution >= 0.6 is 0 Å². The van der Waals surface area contributed by atoms with E-state index < -0.39 is 6.10 Å². The fraction of sp³-hybridized carbons (Fsp3) is 0.222. The molecule has 6 nitrogen and oxygen atoms in total. The van der Waals surface area contributed by atoms with Gasteiger partial charge in [0.25, 0.3) is 5.91 Å². The number of hydrogen-bond acceptors (Lipinski definition) is 5. The number of para-hydroxylation sites is 2. The third-order valence-corrected chi connectivity index (χ3v) is 3.64. The number of fused-ring (bicyclic) bond motifs is 1. The molecule has 1 unspecified atom stereocenters. The number of methoxy groups -OCH3 is 1. The maximum atomic E-state index is 12.2. The van der Waals surface area contributed by atoms with E-state index in [0.29, 0.717) is 17.2 Å². The van der Waals surface area contributed by atoms with Gasteiger partial charge in [0, 0.05) is 0 Å². The van der Waals surface area contributed by atoms with E-state index in [2.05, 4.69) is 10.5 Å². The maximum absolute atomic E-state index is 12.2. The van der Waals surface area contributed by atoms with Crippen molar-refractivity contribution in [3.8, 4) is 17.2 Å². The van der Waals surface area contributed by atoms with Crippen LogP contribution in [0.15, 0.2) is 53.6 Å². The number of rotatable bonds is 4. The normalized spacial score (nSPS) is 16.4. The summed E-state index contributed by atoms with van der Waals surface area (Å²) >= 11 is 0. The highest BCUT2D eigenvalue weighted by molar-refractivity contribution is 5.99. The van der Waals surface area contributed by atoms with Crippen LogP contribution in [0.4, 0.5) is 0 Å². The van der Waals surface area contributed by atoms with Gasteiger partial charge in [-0.25, -0.2) is 5.43 Å². The first-order chi connectivity index (χ1) is 11.7. The van der Waals surface area contributed by atoms with Gasteiger partial charge in [0.15, 0.2) is 11.5 Å². The predicted molar refractivity (Wildman–Crippen MR) is 89.7 cm³/mol. The molecule has 1 aliphatic rings. The molecule has 24 heavy (non-hydrogen) atoms. The van der Waals surface area contributed by atoms with Crippen LogP contribution in [-0.2, 0) is 4.79 Å². The molecule has 0 saturated carbocycles. The number of carbonyl (C=O) groups is 1. The van der Waals surface area contributed by atoms with Crippen molar-refractivity contribution in [1.82, 2.24) is 5.43 Å². The zero-order valence-electron chi connectivity index (χ0n) is 13.5. The van der Waals surface area contributed by atoms with Gasteiger partial charge in [-0.3, -0.25) is 4.79 Å². The molecule has 0 aromatic heterocycles. The molecule has 0 aliphatic carbocycles. The van der Waals surface area contributed by atoms with Gasteiger partial charge in [0.2, 0.25) is 6.10 Å². The molecule has 1 N–H and O–H groups in total. The largest absolute Gasteiger partial charge is 0.497 e. The molecule has 124 valence electrons. The molecule has 1 heterocycles. The van der Waals surface area contributed by atoms with Crippen molar-refractivity contribution in [3.05, 3.63) is 54.1 Å². The number of amides is 1. The number of benzene rings is 2.